The molecule has 0 aromatic heterocycles. The molecule has 0 spiro atoms. The number of ether oxygens (including phenoxy) is 2. The molecular weight excluding hydrogens is 224 g/mol. The number of hydrogen-bond acceptors (Lipinski definition) is 2. The maximum Gasteiger partial charge on any atom is 0.169 e. The summed E-state index contributed by atoms with van der Waals surface area (Å²) in [5, 5.41) is 0. The molecule has 2 nitrogen and oxygen atoms in total. The van der Waals surface area contributed by atoms with Gasteiger partial charge in [-0.05, 0) is 0 Å². The van der Waals surface area contributed by atoms with Crippen molar-refractivity contribution in [3.8, 4) is 0 Å². The molecule has 0 amide bonds. The van der Waals surface area contributed by atoms with Gasteiger partial charge in [-0.2, -0.15) is 0 Å². The third-order valence-electron chi connectivity index (χ3n) is 2.85. The molecular formula is C16H14O2. The van der Waals surface area contributed by atoms with Crippen molar-refractivity contribution in [2.24, 2.45) is 0 Å². The van der Waals surface area contributed by atoms with E-state index in [0.717, 1.165) is 22.6 Å². The van der Waals surface area contributed by atoms with E-state index in [1.54, 1.807) is 0 Å². The highest BCUT2D eigenvalue weighted by Crippen LogP contribution is 2.30. The van der Waals surface area contributed by atoms with Crippen LogP contribution in [0.15, 0.2) is 60.7 Å². The minimum Gasteiger partial charge on any atom is -0.485 e. The van der Waals surface area contributed by atoms with Crippen molar-refractivity contribution < 1.29 is 9.47 Å². The largest absolute Gasteiger partial charge is 0.485 e. The van der Waals surface area contributed by atoms with Crippen LogP contribution in [-0.2, 0) is 9.47 Å². The topological polar surface area (TPSA) is 18.5 Å². The maximum atomic E-state index is 5.79. The maximum absolute atomic E-state index is 5.79. The Balaban J connectivity index is 2.10. The lowest BCUT2D eigenvalue weighted by Crippen LogP contribution is -2.12. The molecule has 1 aliphatic rings. The van der Waals surface area contributed by atoms with Crippen LogP contribution >= 0.6 is 0 Å². The van der Waals surface area contributed by atoms with Crippen molar-refractivity contribution in [1.29, 1.82) is 0 Å². The Kier molecular flexibility index (Phi) is 3.01. The molecule has 2 aromatic rings. The SMILES string of the molecule is c1ccc(C2=C(c3ccccc3)OCCO2)cc1. The molecule has 0 N–H and O–H groups in total. The van der Waals surface area contributed by atoms with Crippen LogP contribution in [0.5, 0.6) is 0 Å². The summed E-state index contributed by atoms with van der Waals surface area (Å²) in [6.07, 6.45) is 0. The molecule has 0 atom stereocenters. The molecule has 0 unspecified atom stereocenters. The Morgan fingerprint density at radius 1 is 0.556 bits per heavy atom. The van der Waals surface area contributed by atoms with E-state index in [1.807, 2.05) is 60.7 Å². The van der Waals surface area contributed by atoms with Crippen LogP contribution in [0.2, 0.25) is 0 Å². The van der Waals surface area contributed by atoms with E-state index in [1.165, 1.54) is 0 Å². The van der Waals surface area contributed by atoms with Gasteiger partial charge in [0.25, 0.3) is 0 Å². The highest BCUT2D eigenvalue weighted by Gasteiger charge is 2.18. The predicted octanol–water partition coefficient (Wildman–Crippen LogP) is 3.56. The average molecular weight is 238 g/mol. The lowest BCUT2D eigenvalue weighted by Gasteiger charge is -2.22. The molecule has 0 aliphatic carbocycles. The van der Waals surface area contributed by atoms with E-state index in [9.17, 15) is 0 Å². The van der Waals surface area contributed by atoms with Crippen LogP contribution in [0, 0.1) is 0 Å². The van der Waals surface area contributed by atoms with Crippen molar-refractivity contribution in [1.82, 2.24) is 0 Å². The summed E-state index contributed by atoms with van der Waals surface area (Å²) < 4.78 is 11.6. The van der Waals surface area contributed by atoms with Gasteiger partial charge in [0.2, 0.25) is 0 Å². The first-order valence-electron chi connectivity index (χ1n) is 6.06. The molecule has 18 heavy (non-hydrogen) atoms. The fraction of sp³-hybridized carbons (Fsp3) is 0.125. The van der Waals surface area contributed by atoms with Gasteiger partial charge in [-0.3, -0.25) is 0 Å². The van der Waals surface area contributed by atoms with Gasteiger partial charge in [-0.15, -0.1) is 0 Å². The van der Waals surface area contributed by atoms with E-state index in [2.05, 4.69) is 0 Å². The standard InChI is InChI=1S/C16H14O2/c1-3-7-13(8-4-1)15-16(18-12-11-17-15)14-9-5-2-6-10-14/h1-10H,11-12H2. The Hall–Kier alpha value is -2.22. The third kappa shape index (κ3) is 2.09. The van der Waals surface area contributed by atoms with Gasteiger partial charge in [0, 0.05) is 11.1 Å². The first kappa shape index (κ1) is 10.9. The highest BCUT2D eigenvalue weighted by molar-refractivity contribution is 5.84. The fourth-order valence-electron chi connectivity index (χ4n) is 2.03. The molecule has 2 heteroatoms. The molecule has 0 saturated heterocycles. The monoisotopic (exact) mass is 238 g/mol. The smallest absolute Gasteiger partial charge is 0.169 e. The molecule has 0 fully saturated rings. The van der Waals surface area contributed by atoms with Crippen molar-refractivity contribution in [3.63, 3.8) is 0 Å². The Morgan fingerprint density at radius 2 is 0.944 bits per heavy atom. The van der Waals surface area contributed by atoms with E-state index in [-0.39, 0.29) is 0 Å². The average Bonchev–Trinajstić information content (AvgIpc) is 2.49. The summed E-state index contributed by atoms with van der Waals surface area (Å²) in [7, 11) is 0. The van der Waals surface area contributed by atoms with Crippen LogP contribution in [0.1, 0.15) is 11.1 Å². The summed E-state index contributed by atoms with van der Waals surface area (Å²) in [5.41, 5.74) is 2.10. The van der Waals surface area contributed by atoms with E-state index < -0.39 is 0 Å². The zero-order valence-corrected chi connectivity index (χ0v) is 10.0. The fourth-order valence-corrected chi connectivity index (χ4v) is 2.03. The molecule has 1 heterocycles. The first-order valence-corrected chi connectivity index (χ1v) is 6.06. The summed E-state index contributed by atoms with van der Waals surface area (Å²) in [6.45, 7) is 1.20. The second kappa shape index (κ2) is 4.96. The van der Waals surface area contributed by atoms with E-state index >= 15 is 0 Å². The number of hydrogen-bond donors (Lipinski definition) is 0. The number of benzene rings is 2. The highest BCUT2D eigenvalue weighted by atomic mass is 16.6. The summed E-state index contributed by atoms with van der Waals surface area (Å²) in [4.78, 5) is 0. The van der Waals surface area contributed by atoms with E-state index in [4.69, 9.17) is 9.47 Å². The van der Waals surface area contributed by atoms with Crippen LogP contribution in [0.4, 0.5) is 0 Å². The van der Waals surface area contributed by atoms with Crippen molar-refractivity contribution in [3.05, 3.63) is 71.8 Å². The van der Waals surface area contributed by atoms with Gasteiger partial charge >= 0.3 is 0 Å². The van der Waals surface area contributed by atoms with Crippen molar-refractivity contribution >= 4 is 11.5 Å². The summed E-state index contributed by atoms with van der Waals surface area (Å²) in [6, 6.07) is 20.1. The minimum atomic E-state index is 0.598. The van der Waals surface area contributed by atoms with Gasteiger partial charge in [-0.25, -0.2) is 0 Å². The zero-order chi connectivity index (χ0) is 12.2. The van der Waals surface area contributed by atoms with Gasteiger partial charge in [-0.1, -0.05) is 60.7 Å². The normalized spacial score (nSPS) is 14.9. The first-order chi connectivity index (χ1) is 8.95. The van der Waals surface area contributed by atoms with Crippen molar-refractivity contribution in [2.45, 2.75) is 0 Å². The van der Waals surface area contributed by atoms with Crippen LogP contribution in [0.3, 0.4) is 0 Å². The molecule has 1 aliphatic heterocycles. The van der Waals surface area contributed by atoms with Gasteiger partial charge < -0.3 is 9.47 Å². The molecule has 90 valence electrons. The molecule has 0 saturated carbocycles. The van der Waals surface area contributed by atoms with Gasteiger partial charge in [0.1, 0.15) is 13.2 Å². The summed E-state index contributed by atoms with van der Waals surface area (Å²) >= 11 is 0. The quantitative estimate of drug-likeness (QED) is 0.796. The van der Waals surface area contributed by atoms with Gasteiger partial charge in [0.05, 0.1) is 0 Å². The molecule has 2 aromatic carbocycles. The minimum absolute atomic E-state index is 0.598. The number of rotatable bonds is 2. The van der Waals surface area contributed by atoms with Crippen molar-refractivity contribution in [2.75, 3.05) is 13.2 Å². The Morgan fingerprint density at radius 3 is 1.33 bits per heavy atom. The summed E-state index contributed by atoms with van der Waals surface area (Å²) in [5.74, 6) is 1.65. The second-order valence-corrected chi connectivity index (χ2v) is 4.09. The van der Waals surface area contributed by atoms with Crippen LogP contribution < -0.4 is 0 Å². The van der Waals surface area contributed by atoms with Crippen LogP contribution in [0.25, 0.3) is 11.5 Å². The Labute approximate surface area is 106 Å². The molecule has 0 radical (unpaired) electrons. The zero-order valence-electron chi connectivity index (χ0n) is 10.0. The lowest BCUT2D eigenvalue weighted by molar-refractivity contribution is 0.143. The van der Waals surface area contributed by atoms with Crippen LogP contribution in [-0.4, -0.2) is 13.2 Å². The van der Waals surface area contributed by atoms with Gasteiger partial charge in [0.15, 0.2) is 11.5 Å². The Bertz CT molecular complexity index is 492. The molecule has 0 bridgehead atoms. The second-order valence-electron chi connectivity index (χ2n) is 4.09. The molecule has 3 rings (SSSR count). The lowest BCUT2D eigenvalue weighted by atomic mass is 10.1. The third-order valence-corrected chi connectivity index (χ3v) is 2.85. The predicted molar refractivity (Wildman–Crippen MR) is 71.6 cm³/mol. The van der Waals surface area contributed by atoms with E-state index in [0.29, 0.717) is 13.2 Å².